The molecule has 0 saturated heterocycles. The van der Waals surface area contributed by atoms with E-state index in [4.69, 9.17) is 0 Å². The Balaban J connectivity index is 3.13. The van der Waals surface area contributed by atoms with Crippen molar-refractivity contribution in [3.05, 3.63) is 17.9 Å². The second-order valence-corrected chi connectivity index (χ2v) is 3.34. The highest BCUT2D eigenvalue weighted by Crippen LogP contribution is 2.23. The number of nitrogens with zero attached hydrogens (tertiary/aromatic N) is 1. The quantitative estimate of drug-likeness (QED) is 0.583. The van der Waals surface area contributed by atoms with E-state index in [2.05, 4.69) is 9.40 Å². The normalized spacial score (nSPS) is 12.1. The summed E-state index contributed by atoms with van der Waals surface area (Å²) in [6, 6.07) is -0.935. The molecule has 62 valence electrons. The van der Waals surface area contributed by atoms with Gasteiger partial charge in [-0.3, -0.25) is 0 Å². The third kappa shape index (κ3) is 1.56. The van der Waals surface area contributed by atoms with Gasteiger partial charge in [-0.2, -0.15) is 9.37 Å². The van der Waals surface area contributed by atoms with E-state index in [1.54, 1.807) is 20.8 Å². The van der Waals surface area contributed by atoms with Crippen molar-refractivity contribution < 1.29 is 13.2 Å². The van der Waals surface area contributed by atoms with Gasteiger partial charge in [-0.05, 0) is 0 Å². The Kier molecular flexibility index (Phi) is 1.70. The number of oxazole rings is 1. The van der Waals surface area contributed by atoms with Crippen LogP contribution in [0.4, 0.5) is 8.78 Å². The molecule has 0 bridgehead atoms. The maximum atomic E-state index is 12.6. The first-order valence-corrected chi connectivity index (χ1v) is 3.23. The molecule has 0 spiro atoms. The monoisotopic (exact) mass is 161 g/mol. The van der Waals surface area contributed by atoms with Gasteiger partial charge in [0.15, 0.2) is 0 Å². The number of rotatable bonds is 0. The lowest BCUT2D eigenvalue weighted by molar-refractivity contribution is 0.253. The summed E-state index contributed by atoms with van der Waals surface area (Å²) >= 11 is 0. The SMILES string of the molecule is CC(C)(C)c1nc(F)oc1F. The van der Waals surface area contributed by atoms with Gasteiger partial charge in [0.2, 0.25) is 0 Å². The molecular formula is C7H9F2NO. The van der Waals surface area contributed by atoms with Gasteiger partial charge in [0.1, 0.15) is 5.69 Å². The van der Waals surface area contributed by atoms with Crippen molar-refractivity contribution in [2.45, 2.75) is 26.2 Å². The molecule has 1 aromatic rings. The lowest BCUT2D eigenvalue weighted by Gasteiger charge is -2.12. The van der Waals surface area contributed by atoms with Gasteiger partial charge in [-0.15, -0.1) is 4.39 Å². The smallest absolute Gasteiger partial charge is 0.384 e. The van der Waals surface area contributed by atoms with Crippen molar-refractivity contribution in [2.24, 2.45) is 0 Å². The van der Waals surface area contributed by atoms with Gasteiger partial charge in [0.25, 0.3) is 0 Å². The zero-order chi connectivity index (χ0) is 8.65. The highest BCUT2D eigenvalue weighted by atomic mass is 19.2. The predicted octanol–water partition coefficient (Wildman–Crippen LogP) is 2.25. The molecule has 0 aromatic carbocycles. The number of halogens is 2. The molecule has 0 N–H and O–H groups in total. The molecule has 0 fully saturated rings. The van der Waals surface area contributed by atoms with Crippen molar-refractivity contribution in [1.29, 1.82) is 0 Å². The van der Waals surface area contributed by atoms with Gasteiger partial charge in [0.05, 0.1) is 0 Å². The highest BCUT2D eigenvalue weighted by molar-refractivity contribution is 5.07. The minimum absolute atomic E-state index is 0.0231. The average Bonchev–Trinajstić information content (AvgIpc) is 2.08. The van der Waals surface area contributed by atoms with Crippen LogP contribution in [-0.4, -0.2) is 4.98 Å². The molecule has 0 amide bonds. The number of aromatic nitrogens is 1. The zero-order valence-corrected chi connectivity index (χ0v) is 6.61. The standard InChI is InChI=1S/C7H9F2NO/c1-7(2,3)4-5(8)11-6(9)10-4/h1-3H3. The van der Waals surface area contributed by atoms with E-state index in [-0.39, 0.29) is 5.69 Å². The number of hydrogen-bond donors (Lipinski definition) is 0. The van der Waals surface area contributed by atoms with Crippen LogP contribution < -0.4 is 0 Å². The first-order chi connectivity index (χ1) is 4.91. The minimum atomic E-state index is -1.12. The van der Waals surface area contributed by atoms with Crippen LogP contribution in [0, 0.1) is 12.2 Å². The van der Waals surface area contributed by atoms with Crippen molar-refractivity contribution >= 4 is 0 Å². The van der Waals surface area contributed by atoms with Crippen molar-refractivity contribution in [3.8, 4) is 0 Å². The molecule has 0 saturated carbocycles. The van der Waals surface area contributed by atoms with Crippen molar-refractivity contribution in [1.82, 2.24) is 4.98 Å². The lowest BCUT2D eigenvalue weighted by Crippen LogP contribution is -2.13. The Bertz CT molecular complexity index is 262. The summed E-state index contributed by atoms with van der Waals surface area (Å²) in [6.45, 7) is 5.19. The summed E-state index contributed by atoms with van der Waals surface area (Å²) in [5.74, 6) is 0. The Labute approximate surface area is 63.2 Å². The van der Waals surface area contributed by atoms with E-state index in [1.807, 2.05) is 0 Å². The third-order valence-corrected chi connectivity index (χ3v) is 1.27. The van der Waals surface area contributed by atoms with Crippen LogP contribution in [0.15, 0.2) is 4.42 Å². The molecular weight excluding hydrogens is 152 g/mol. The maximum absolute atomic E-state index is 12.6. The van der Waals surface area contributed by atoms with Gasteiger partial charge in [-0.1, -0.05) is 20.8 Å². The minimum Gasteiger partial charge on any atom is -0.387 e. The van der Waals surface area contributed by atoms with Gasteiger partial charge in [-0.25, -0.2) is 0 Å². The fourth-order valence-corrected chi connectivity index (χ4v) is 0.739. The van der Waals surface area contributed by atoms with E-state index in [0.717, 1.165) is 0 Å². The Hall–Kier alpha value is -0.930. The first kappa shape index (κ1) is 8.17. The van der Waals surface area contributed by atoms with Crippen LogP contribution in [0.25, 0.3) is 0 Å². The van der Waals surface area contributed by atoms with Crippen LogP contribution in [-0.2, 0) is 5.41 Å². The van der Waals surface area contributed by atoms with E-state index >= 15 is 0 Å². The molecule has 4 heteroatoms. The largest absolute Gasteiger partial charge is 0.387 e. The average molecular weight is 161 g/mol. The second-order valence-electron chi connectivity index (χ2n) is 3.34. The van der Waals surface area contributed by atoms with E-state index in [9.17, 15) is 8.78 Å². The molecule has 0 radical (unpaired) electrons. The molecule has 0 aliphatic carbocycles. The summed E-state index contributed by atoms with van der Waals surface area (Å²) in [5.41, 5.74) is -0.493. The molecule has 0 unspecified atom stereocenters. The summed E-state index contributed by atoms with van der Waals surface area (Å²) in [5, 5.41) is 0. The summed E-state index contributed by atoms with van der Waals surface area (Å²) in [4.78, 5) is 3.27. The van der Waals surface area contributed by atoms with Crippen LogP contribution in [0.1, 0.15) is 26.5 Å². The molecule has 1 rings (SSSR count). The van der Waals surface area contributed by atoms with Gasteiger partial charge >= 0.3 is 12.2 Å². The molecule has 0 atom stereocenters. The van der Waals surface area contributed by atoms with Gasteiger partial charge < -0.3 is 4.42 Å². The lowest BCUT2D eigenvalue weighted by atomic mass is 9.93. The van der Waals surface area contributed by atoms with E-state index in [0.29, 0.717) is 0 Å². The second kappa shape index (κ2) is 2.29. The first-order valence-electron chi connectivity index (χ1n) is 3.23. The van der Waals surface area contributed by atoms with Crippen molar-refractivity contribution in [2.75, 3.05) is 0 Å². The summed E-state index contributed by atoms with van der Waals surface area (Å²) < 4.78 is 28.8. The molecule has 2 nitrogen and oxygen atoms in total. The van der Waals surface area contributed by atoms with Gasteiger partial charge in [0, 0.05) is 5.41 Å². The maximum Gasteiger partial charge on any atom is 0.384 e. The van der Waals surface area contributed by atoms with E-state index < -0.39 is 17.6 Å². The third-order valence-electron chi connectivity index (χ3n) is 1.27. The van der Waals surface area contributed by atoms with E-state index in [1.165, 1.54) is 0 Å². The Morgan fingerprint density at radius 3 is 2.00 bits per heavy atom. The zero-order valence-electron chi connectivity index (χ0n) is 6.61. The molecule has 1 aromatic heterocycles. The summed E-state index contributed by atoms with van der Waals surface area (Å²) in [7, 11) is 0. The molecule has 1 heterocycles. The Morgan fingerprint density at radius 2 is 1.82 bits per heavy atom. The molecule has 0 aliphatic heterocycles. The Morgan fingerprint density at radius 1 is 1.27 bits per heavy atom. The van der Waals surface area contributed by atoms with Crippen LogP contribution >= 0.6 is 0 Å². The van der Waals surface area contributed by atoms with Crippen LogP contribution in [0.2, 0.25) is 0 Å². The van der Waals surface area contributed by atoms with Crippen LogP contribution in [0.3, 0.4) is 0 Å². The van der Waals surface area contributed by atoms with Crippen LogP contribution in [0.5, 0.6) is 0 Å². The van der Waals surface area contributed by atoms with Crippen molar-refractivity contribution in [3.63, 3.8) is 0 Å². The number of hydrogen-bond acceptors (Lipinski definition) is 2. The fourth-order valence-electron chi connectivity index (χ4n) is 0.739. The molecule has 11 heavy (non-hydrogen) atoms. The molecule has 0 aliphatic rings. The summed E-state index contributed by atoms with van der Waals surface area (Å²) in [6.07, 6.45) is -1.12. The topological polar surface area (TPSA) is 26.0 Å². The highest BCUT2D eigenvalue weighted by Gasteiger charge is 2.24. The fraction of sp³-hybridized carbons (Fsp3) is 0.571. The predicted molar refractivity (Wildman–Crippen MR) is 35.1 cm³/mol.